The van der Waals surface area contributed by atoms with Crippen LogP contribution in [0.4, 0.5) is 5.69 Å². The summed E-state index contributed by atoms with van der Waals surface area (Å²) in [5, 5.41) is 35.7. The molecule has 0 saturated heterocycles. The Morgan fingerprint density at radius 3 is 2.00 bits per heavy atom. The molecule has 11 heteroatoms. The number of amides is 2. The first-order valence-corrected chi connectivity index (χ1v) is 10.0. The maximum Gasteiger partial charge on any atom is 0.356 e. The third-order valence-corrected chi connectivity index (χ3v) is 5.06. The molecule has 1 aromatic carbocycles. The average molecular weight is 484 g/mol. The van der Waals surface area contributed by atoms with Crippen LogP contribution in [0.1, 0.15) is 31.1 Å². The minimum Gasteiger partial charge on any atom is -0.478 e. The number of carboxylic acids is 2. The number of nitrogens with one attached hydrogen (secondary N) is 2. The van der Waals surface area contributed by atoms with Crippen LogP contribution in [0.15, 0.2) is 66.4 Å². The Morgan fingerprint density at radius 1 is 0.943 bits per heavy atom. The summed E-state index contributed by atoms with van der Waals surface area (Å²) in [5.41, 5.74) is -6.05. The highest BCUT2D eigenvalue weighted by molar-refractivity contribution is 6.04. The first-order chi connectivity index (χ1) is 16.1. The van der Waals surface area contributed by atoms with Crippen LogP contribution in [0, 0.1) is 0 Å². The van der Waals surface area contributed by atoms with Gasteiger partial charge in [-0.15, -0.1) is 0 Å². The molecule has 2 unspecified atom stereocenters. The lowest BCUT2D eigenvalue weighted by Gasteiger charge is -2.41. The van der Waals surface area contributed by atoms with Gasteiger partial charge in [-0.2, -0.15) is 0 Å². The van der Waals surface area contributed by atoms with E-state index >= 15 is 0 Å². The van der Waals surface area contributed by atoms with Gasteiger partial charge in [-0.1, -0.05) is 13.2 Å². The number of carbonyl (C=O) groups excluding carboxylic acids is 3. The molecule has 0 aromatic heterocycles. The molecule has 2 rings (SSSR count). The Balaban J connectivity index is 2.66. The van der Waals surface area contributed by atoms with Gasteiger partial charge in [0.25, 0.3) is 17.4 Å². The highest BCUT2D eigenvalue weighted by Gasteiger charge is 2.61. The minimum absolute atomic E-state index is 0.0367. The molecule has 5 N–H and O–H groups in total. The van der Waals surface area contributed by atoms with Crippen molar-refractivity contribution >= 4 is 35.2 Å². The van der Waals surface area contributed by atoms with Crippen LogP contribution in [-0.4, -0.2) is 56.1 Å². The van der Waals surface area contributed by atoms with Gasteiger partial charge < -0.3 is 30.7 Å². The Labute approximate surface area is 200 Å². The van der Waals surface area contributed by atoms with Gasteiger partial charge in [-0.05, 0) is 51.1 Å². The van der Waals surface area contributed by atoms with Gasteiger partial charge in [0.15, 0.2) is 11.4 Å². The molecule has 184 valence electrons. The summed E-state index contributed by atoms with van der Waals surface area (Å²) in [6.07, 6.45) is 2.69. The van der Waals surface area contributed by atoms with E-state index in [1.54, 1.807) is 0 Å². The smallest absolute Gasteiger partial charge is 0.356 e. The molecule has 0 fully saturated rings. The number of ketones is 1. The quantitative estimate of drug-likeness (QED) is 0.325. The molecule has 0 saturated carbocycles. The maximum atomic E-state index is 12.5. The highest BCUT2D eigenvalue weighted by atomic mass is 16.5. The van der Waals surface area contributed by atoms with E-state index in [0.717, 1.165) is 37.3 Å². The number of hydrogen-bond donors (Lipinski definition) is 5. The predicted octanol–water partition coefficient (Wildman–Crippen LogP) is 1.57. The van der Waals surface area contributed by atoms with Crippen molar-refractivity contribution in [2.45, 2.75) is 32.0 Å². The molecule has 35 heavy (non-hydrogen) atoms. The number of hydrogen-bond acceptors (Lipinski definition) is 7. The van der Waals surface area contributed by atoms with E-state index in [1.807, 2.05) is 0 Å². The Bertz CT molecular complexity index is 1230. The van der Waals surface area contributed by atoms with Crippen molar-refractivity contribution in [2.24, 2.45) is 0 Å². The zero-order valence-electron chi connectivity index (χ0n) is 19.2. The standard InChI is InChI=1S/C24H24N2O9/c1-12(2)19(28)25-15-6-7-17(21(30)31)18(10-15)35-24(22(32)33)9-8-16(26-20(29)13(3)4)11-23(24,34)14(5)27/h6-11,34H,1,3H2,2,4-5H3,(H,25,28)(H,26,29)(H,30,31)(H,32,33). The van der Waals surface area contributed by atoms with Gasteiger partial charge in [-0.25, -0.2) is 9.59 Å². The predicted molar refractivity (Wildman–Crippen MR) is 124 cm³/mol. The SMILES string of the molecule is C=C(C)C(=O)NC1=CC(O)(C(C)=O)C(Oc2cc(NC(=O)C(=C)C)ccc2C(=O)O)(C(=O)O)C=C1. The van der Waals surface area contributed by atoms with E-state index in [2.05, 4.69) is 23.8 Å². The first-order valence-electron chi connectivity index (χ1n) is 10.0. The first kappa shape index (κ1) is 26.7. The molecule has 2 atom stereocenters. The Kier molecular flexibility index (Phi) is 7.47. The normalized spacial score (nSPS) is 20.7. The van der Waals surface area contributed by atoms with Gasteiger partial charge in [0.1, 0.15) is 11.3 Å². The number of aromatic carboxylic acids is 1. The van der Waals surface area contributed by atoms with Crippen LogP contribution in [0.5, 0.6) is 5.75 Å². The Hall–Kier alpha value is -4.51. The number of anilines is 1. The van der Waals surface area contributed by atoms with Crippen molar-refractivity contribution in [1.82, 2.24) is 5.32 Å². The van der Waals surface area contributed by atoms with E-state index in [9.17, 15) is 39.3 Å². The molecule has 0 radical (unpaired) electrons. The number of ether oxygens (including phenoxy) is 1. The lowest BCUT2D eigenvalue weighted by Crippen LogP contribution is -2.65. The average Bonchev–Trinajstić information content (AvgIpc) is 2.75. The second-order valence-electron chi connectivity index (χ2n) is 7.88. The number of rotatable bonds is 9. The van der Waals surface area contributed by atoms with Crippen molar-refractivity contribution in [3.63, 3.8) is 0 Å². The summed E-state index contributed by atoms with van der Waals surface area (Å²) in [6.45, 7) is 10.7. The summed E-state index contributed by atoms with van der Waals surface area (Å²) in [5.74, 6) is -6.22. The number of carboxylic acid groups (broad SMARTS) is 2. The number of Topliss-reactive ketones (excluding diaryl/α,β-unsaturated/α-hetero) is 1. The minimum atomic E-state index is -2.88. The summed E-state index contributed by atoms with van der Waals surface area (Å²) >= 11 is 0. The third kappa shape index (κ3) is 5.20. The van der Waals surface area contributed by atoms with Crippen molar-refractivity contribution in [3.05, 3.63) is 72.0 Å². The van der Waals surface area contributed by atoms with Crippen LogP contribution in [0.25, 0.3) is 0 Å². The van der Waals surface area contributed by atoms with Crippen molar-refractivity contribution in [3.8, 4) is 5.75 Å². The lowest BCUT2D eigenvalue weighted by molar-refractivity contribution is -0.173. The summed E-state index contributed by atoms with van der Waals surface area (Å²) in [4.78, 5) is 60.6. The molecule has 0 bridgehead atoms. The number of aliphatic carboxylic acids is 1. The van der Waals surface area contributed by atoms with E-state index in [0.29, 0.717) is 0 Å². The topological polar surface area (TPSA) is 179 Å². The second-order valence-corrected chi connectivity index (χ2v) is 7.88. The van der Waals surface area contributed by atoms with E-state index < -0.39 is 52.1 Å². The fraction of sp³-hybridized carbons (Fsp3) is 0.208. The largest absolute Gasteiger partial charge is 0.478 e. The third-order valence-electron chi connectivity index (χ3n) is 5.06. The fourth-order valence-electron chi connectivity index (χ4n) is 3.06. The van der Waals surface area contributed by atoms with Crippen molar-refractivity contribution in [2.75, 3.05) is 5.32 Å². The number of allylic oxidation sites excluding steroid dienone is 1. The number of carbonyl (C=O) groups is 5. The van der Waals surface area contributed by atoms with Crippen molar-refractivity contribution in [1.29, 1.82) is 0 Å². The van der Waals surface area contributed by atoms with Crippen LogP contribution >= 0.6 is 0 Å². The summed E-state index contributed by atoms with van der Waals surface area (Å²) in [7, 11) is 0. The molecular weight excluding hydrogens is 460 g/mol. The Morgan fingerprint density at radius 2 is 1.51 bits per heavy atom. The summed E-state index contributed by atoms with van der Waals surface area (Å²) < 4.78 is 5.57. The van der Waals surface area contributed by atoms with E-state index in [-0.39, 0.29) is 22.5 Å². The van der Waals surface area contributed by atoms with Crippen LogP contribution in [0.3, 0.4) is 0 Å². The van der Waals surface area contributed by atoms with Gasteiger partial charge in [-0.3, -0.25) is 14.4 Å². The van der Waals surface area contributed by atoms with Gasteiger partial charge in [0.2, 0.25) is 0 Å². The monoisotopic (exact) mass is 484 g/mol. The molecule has 0 aliphatic heterocycles. The molecule has 1 aliphatic carbocycles. The number of benzene rings is 1. The van der Waals surface area contributed by atoms with Gasteiger partial charge in [0, 0.05) is 28.6 Å². The van der Waals surface area contributed by atoms with Crippen LogP contribution < -0.4 is 15.4 Å². The second kappa shape index (κ2) is 9.77. The molecule has 2 amide bonds. The highest BCUT2D eigenvalue weighted by Crippen LogP contribution is 2.38. The van der Waals surface area contributed by atoms with Gasteiger partial charge >= 0.3 is 11.9 Å². The lowest BCUT2D eigenvalue weighted by atomic mass is 9.75. The molecule has 0 spiro atoms. The molecular formula is C24H24N2O9. The molecule has 11 nitrogen and oxygen atoms in total. The molecule has 1 aromatic rings. The fourth-order valence-corrected chi connectivity index (χ4v) is 3.06. The van der Waals surface area contributed by atoms with Gasteiger partial charge in [0.05, 0.1) is 0 Å². The molecule has 0 heterocycles. The maximum absolute atomic E-state index is 12.5. The van der Waals surface area contributed by atoms with E-state index in [1.165, 1.54) is 19.9 Å². The zero-order valence-corrected chi connectivity index (χ0v) is 19.2. The summed E-state index contributed by atoms with van der Waals surface area (Å²) in [6, 6.07) is 3.32. The van der Waals surface area contributed by atoms with Crippen molar-refractivity contribution < 1.29 is 44.0 Å². The van der Waals surface area contributed by atoms with E-state index in [4.69, 9.17) is 4.74 Å². The number of aliphatic hydroxyl groups is 1. The zero-order chi connectivity index (χ0) is 26.7. The molecule has 1 aliphatic rings. The van der Waals surface area contributed by atoms with Crippen LogP contribution in [0.2, 0.25) is 0 Å². The van der Waals surface area contributed by atoms with Crippen LogP contribution in [-0.2, 0) is 19.2 Å².